The van der Waals surface area contributed by atoms with Gasteiger partial charge in [-0.1, -0.05) is 48.0 Å². The van der Waals surface area contributed by atoms with Crippen LogP contribution in [0.1, 0.15) is 24.1 Å². The minimum absolute atomic E-state index is 0.0779. The number of piperazine rings is 1. The van der Waals surface area contributed by atoms with E-state index in [2.05, 4.69) is 28.1 Å². The third kappa shape index (κ3) is 5.28. The Bertz CT molecular complexity index is 778. The lowest BCUT2D eigenvalue weighted by molar-refractivity contribution is -0.122. The topological polar surface area (TPSA) is 35.6 Å². The number of amides is 1. The number of carbonyl (C=O) groups is 1. The summed E-state index contributed by atoms with van der Waals surface area (Å²) in [5, 5.41) is 3.59. The van der Waals surface area contributed by atoms with Crippen molar-refractivity contribution in [3.05, 3.63) is 70.5 Å². The van der Waals surface area contributed by atoms with Gasteiger partial charge in [0.05, 0.1) is 6.54 Å². The Morgan fingerprint density at radius 2 is 1.78 bits per heavy atom. The monoisotopic (exact) mass is 389 g/mol. The first kappa shape index (κ1) is 19.8. The Hall–Kier alpha value is -1.95. The lowest BCUT2D eigenvalue weighted by atomic mass is 10.1. The number of hydrogen-bond donors (Lipinski definition) is 1. The SMILES string of the molecule is CC(c1ccccc1Cl)N1CCN(CC(=O)NCc2ccccc2F)CC1. The molecule has 0 aromatic heterocycles. The molecular formula is C21H25ClFN3O. The molecule has 0 radical (unpaired) electrons. The van der Waals surface area contributed by atoms with Crippen LogP contribution in [0.2, 0.25) is 5.02 Å². The molecule has 27 heavy (non-hydrogen) atoms. The van der Waals surface area contributed by atoms with Crippen molar-refractivity contribution in [1.29, 1.82) is 0 Å². The molecule has 0 aliphatic carbocycles. The van der Waals surface area contributed by atoms with Crippen LogP contribution < -0.4 is 5.32 Å². The zero-order valence-electron chi connectivity index (χ0n) is 15.5. The molecule has 1 heterocycles. The summed E-state index contributed by atoms with van der Waals surface area (Å²) in [5.74, 6) is -0.370. The van der Waals surface area contributed by atoms with Crippen molar-refractivity contribution in [3.8, 4) is 0 Å². The third-order valence-corrected chi connectivity index (χ3v) is 5.46. The number of nitrogens with one attached hydrogen (secondary N) is 1. The molecule has 1 aliphatic heterocycles. The first-order valence-corrected chi connectivity index (χ1v) is 9.63. The van der Waals surface area contributed by atoms with Crippen molar-refractivity contribution in [1.82, 2.24) is 15.1 Å². The molecule has 2 aromatic rings. The van der Waals surface area contributed by atoms with Crippen molar-refractivity contribution < 1.29 is 9.18 Å². The minimum atomic E-state index is -0.292. The maximum Gasteiger partial charge on any atom is 0.234 e. The Balaban J connectivity index is 1.44. The summed E-state index contributed by atoms with van der Waals surface area (Å²) in [6, 6.07) is 14.7. The summed E-state index contributed by atoms with van der Waals surface area (Å²) in [4.78, 5) is 16.7. The molecule has 0 spiro atoms. The van der Waals surface area contributed by atoms with Crippen LogP contribution in [0.25, 0.3) is 0 Å². The summed E-state index contributed by atoms with van der Waals surface area (Å²) >= 11 is 6.32. The van der Waals surface area contributed by atoms with E-state index in [1.54, 1.807) is 18.2 Å². The van der Waals surface area contributed by atoms with Gasteiger partial charge in [-0.05, 0) is 24.6 Å². The predicted octanol–water partition coefficient (Wildman–Crippen LogP) is 3.47. The van der Waals surface area contributed by atoms with Crippen molar-refractivity contribution in [2.75, 3.05) is 32.7 Å². The number of hydrogen-bond acceptors (Lipinski definition) is 3. The van der Waals surface area contributed by atoms with E-state index in [1.807, 2.05) is 18.2 Å². The van der Waals surface area contributed by atoms with Gasteiger partial charge in [0, 0.05) is 49.4 Å². The van der Waals surface area contributed by atoms with Crippen LogP contribution >= 0.6 is 11.6 Å². The molecule has 1 fully saturated rings. The number of halogens is 2. The van der Waals surface area contributed by atoms with Gasteiger partial charge in [0.1, 0.15) is 5.82 Å². The number of rotatable bonds is 6. The largest absolute Gasteiger partial charge is 0.351 e. The van der Waals surface area contributed by atoms with Gasteiger partial charge in [-0.3, -0.25) is 14.6 Å². The molecule has 1 saturated heterocycles. The second-order valence-corrected chi connectivity index (χ2v) is 7.28. The van der Waals surface area contributed by atoms with Gasteiger partial charge in [-0.25, -0.2) is 4.39 Å². The van der Waals surface area contributed by atoms with E-state index in [1.165, 1.54) is 6.07 Å². The van der Waals surface area contributed by atoms with Gasteiger partial charge >= 0.3 is 0 Å². The van der Waals surface area contributed by atoms with Gasteiger partial charge in [-0.15, -0.1) is 0 Å². The lowest BCUT2D eigenvalue weighted by Crippen LogP contribution is -2.49. The van der Waals surface area contributed by atoms with Crippen molar-refractivity contribution in [2.45, 2.75) is 19.5 Å². The van der Waals surface area contributed by atoms with Gasteiger partial charge in [0.15, 0.2) is 0 Å². The first-order valence-electron chi connectivity index (χ1n) is 9.25. The maximum absolute atomic E-state index is 13.6. The van der Waals surface area contributed by atoms with Crippen LogP contribution in [0.5, 0.6) is 0 Å². The molecule has 6 heteroatoms. The van der Waals surface area contributed by atoms with E-state index in [0.29, 0.717) is 12.1 Å². The van der Waals surface area contributed by atoms with E-state index in [4.69, 9.17) is 11.6 Å². The van der Waals surface area contributed by atoms with E-state index in [-0.39, 0.29) is 24.3 Å². The summed E-state index contributed by atoms with van der Waals surface area (Å²) in [6.45, 7) is 6.12. The van der Waals surface area contributed by atoms with Crippen LogP contribution in [0.3, 0.4) is 0 Å². The standard InChI is InChI=1S/C21H25ClFN3O/c1-16(18-7-3-4-8-19(18)22)26-12-10-25(11-13-26)15-21(27)24-14-17-6-2-5-9-20(17)23/h2-9,16H,10-15H2,1H3,(H,24,27). The minimum Gasteiger partial charge on any atom is -0.351 e. The molecule has 1 atom stereocenters. The molecular weight excluding hydrogens is 365 g/mol. The quantitative estimate of drug-likeness (QED) is 0.821. The van der Waals surface area contributed by atoms with Crippen LogP contribution in [-0.4, -0.2) is 48.4 Å². The van der Waals surface area contributed by atoms with Crippen LogP contribution in [0.15, 0.2) is 48.5 Å². The molecule has 0 bridgehead atoms. The second-order valence-electron chi connectivity index (χ2n) is 6.88. The van der Waals surface area contributed by atoms with E-state index < -0.39 is 0 Å². The van der Waals surface area contributed by atoms with Gasteiger partial charge in [0.25, 0.3) is 0 Å². The first-order chi connectivity index (χ1) is 13.0. The predicted molar refractivity (Wildman–Crippen MR) is 106 cm³/mol. The fourth-order valence-electron chi connectivity index (χ4n) is 3.41. The highest BCUT2D eigenvalue weighted by atomic mass is 35.5. The Morgan fingerprint density at radius 1 is 1.11 bits per heavy atom. The Kier molecular flexibility index (Phi) is 6.83. The highest BCUT2D eigenvalue weighted by molar-refractivity contribution is 6.31. The summed E-state index contributed by atoms with van der Waals surface area (Å²) in [7, 11) is 0. The van der Waals surface area contributed by atoms with E-state index in [0.717, 1.165) is 36.8 Å². The van der Waals surface area contributed by atoms with E-state index in [9.17, 15) is 9.18 Å². The maximum atomic E-state index is 13.6. The van der Waals surface area contributed by atoms with Gasteiger partial charge in [-0.2, -0.15) is 0 Å². The molecule has 1 unspecified atom stereocenters. The van der Waals surface area contributed by atoms with Crippen LogP contribution in [-0.2, 0) is 11.3 Å². The number of nitrogens with zero attached hydrogens (tertiary/aromatic N) is 2. The average Bonchev–Trinajstić information content (AvgIpc) is 2.68. The van der Waals surface area contributed by atoms with Gasteiger partial charge in [0.2, 0.25) is 5.91 Å². The number of benzene rings is 2. The van der Waals surface area contributed by atoms with Crippen molar-refractivity contribution in [2.24, 2.45) is 0 Å². The molecule has 3 rings (SSSR count). The average molecular weight is 390 g/mol. The van der Waals surface area contributed by atoms with Crippen LogP contribution in [0, 0.1) is 5.82 Å². The number of carbonyl (C=O) groups excluding carboxylic acids is 1. The molecule has 1 aliphatic rings. The third-order valence-electron chi connectivity index (χ3n) is 5.11. The normalized spacial score (nSPS) is 16.9. The summed E-state index contributed by atoms with van der Waals surface area (Å²) in [6.07, 6.45) is 0. The molecule has 144 valence electrons. The summed E-state index contributed by atoms with van der Waals surface area (Å²) in [5.41, 5.74) is 1.64. The zero-order chi connectivity index (χ0) is 19.2. The Labute approximate surface area is 164 Å². The molecule has 1 N–H and O–H groups in total. The highest BCUT2D eigenvalue weighted by Crippen LogP contribution is 2.27. The smallest absolute Gasteiger partial charge is 0.234 e. The molecule has 1 amide bonds. The van der Waals surface area contributed by atoms with Crippen molar-refractivity contribution in [3.63, 3.8) is 0 Å². The molecule has 4 nitrogen and oxygen atoms in total. The van der Waals surface area contributed by atoms with E-state index >= 15 is 0 Å². The fourth-order valence-corrected chi connectivity index (χ4v) is 3.71. The van der Waals surface area contributed by atoms with Gasteiger partial charge < -0.3 is 5.32 Å². The van der Waals surface area contributed by atoms with Crippen LogP contribution in [0.4, 0.5) is 4.39 Å². The zero-order valence-corrected chi connectivity index (χ0v) is 16.3. The molecule has 0 saturated carbocycles. The fraction of sp³-hybridized carbons (Fsp3) is 0.381. The molecule has 2 aromatic carbocycles. The Morgan fingerprint density at radius 3 is 2.48 bits per heavy atom. The van der Waals surface area contributed by atoms with Crippen molar-refractivity contribution >= 4 is 17.5 Å². The second kappa shape index (κ2) is 9.31. The lowest BCUT2D eigenvalue weighted by Gasteiger charge is -2.38. The summed E-state index contributed by atoms with van der Waals surface area (Å²) < 4.78 is 13.6. The highest BCUT2D eigenvalue weighted by Gasteiger charge is 2.24.